The van der Waals surface area contributed by atoms with Crippen molar-refractivity contribution in [3.8, 4) is 22.5 Å². The molecule has 2 aliphatic heterocycles. The Balaban J connectivity index is 0.000000620. The Bertz CT molecular complexity index is 1660. The highest BCUT2D eigenvalue weighted by atomic mass is 16.4. The predicted molar refractivity (Wildman–Crippen MR) is 149 cm³/mol. The van der Waals surface area contributed by atoms with Crippen LogP contribution in [0.5, 0.6) is 0 Å². The second-order valence-electron chi connectivity index (χ2n) is 9.11. The first-order valence-corrected chi connectivity index (χ1v) is 12.4. The Kier molecular flexibility index (Phi) is 6.09. The van der Waals surface area contributed by atoms with Gasteiger partial charge in [0, 0.05) is 53.6 Å². The van der Waals surface area contributed by atoms with E-state index in [1.807, 2.05) is 12.3 Å². The molecule has 9 nitrogen and oxygen atoms in total. The number of aromatic nitrogens is 2. The summed E-state index contributed by atoms with van der Waals surface area (Å²) in [5.41, 5.74) is 7.05. The van der Waals surface area contributed by atoms with E-state index in [9.17, 15) is 0 Å². The van der Waals surface area contributed by atoms with E-state index >= 15 is 0 Å². The fraction of sp³-hybridized carbons (Fsp3) is 0.172. The van der Waals surface area contributed by atoms with Gasteiger partial charge < -0.3 is 25.1 Å². The Morgan fingerprint density at radius 1 is 0.842 bits per heavy atom. The van der Waals surface area contributed by atoms with E-state index in [0.717, 1.165) is 100 Å². The van der Waals surface area contributed by atoms with Gasteiger partial charge >= 0.3 is 0 Å². The van der Waals surface area contributed by atoms with Crippen LogP contribution in [-0.2, 0) is 4.79 Å². The largest absolute Gasteiger partial charge is 0.481 e. The minimum Gasteiger partial charge on any atom is -0.481 e. The summed E-state index contributed by atoms with van der Waals surface area (Å²) >= 11 is 0. The van der Waals surface area contributed by atoms with Gasteiger partial charge in [0.15, 0.2) is 11.6 Å². The molecule has 0 fully saturated rings. The lowest BCUT2D eigenvalue weighted by Crippen LogP contribution is -2.19. The minimum atomic E-state index is -0.833. The third-order valence-electron chi connectivity index (χ3n) is 6.37. The third-order valence-corrected chi connectivity index (χ3v) is 6.37. The van der Waals surface area contributed by atoms with E-state index in [1.54, 1.807) is 0 Å². The minimum absolute atomic E-state index is 0.788. The molecule has 0 bridgehead atoms. The van der Waals surface area contributed by atoms with Gasteiger partial charge in [-0.15, -0.1) is 0 Å². The molecule has 0 saturated heterocycles. The molecule has 0 unspecified atom stereocenters. The fourth-order valence-corrected chi connectivity index (χ4v) is 4.62. The number of pyridine rings is 1. The third kappa shape index (κ3) is 4.73. The van der Waals surface area contributed by atoms with Crippen LogP contribution in [0.3, 0.4) is 0 Å². The second kappa shape index (κ2) is 9.85. The molecule has 0 aliphatic carbocycles. The lowest BCUT2D eigenvalue weighted by Gasteiger charge is -2.03. The van der Waals surface area contributed by atoms with Gasteiger partial charge in [0.05, 0.1) is 24.5 Å². The maximum absolute atomic E-state index is 9.00. The van der Waals surface area contributed by atoms with Gasteiger partial charge in [-0.2, -0.15) is 0 Å². The number of hydrogen-bond donors (Lipinski definition) is 4. The first kappa shape index (κ1) is 23.5. The molecule has 2 aromatic carbocycles. The fourth-order valence-electron chi connectivity index (χ4n) is 4.62. The Morgan fingerprint density at radius 3 is 2.26 bits per heavy atom. The quantitative estimate of drug-likeness (QED) is 0.285. The molecule has 3 aromatic heterocycles. The average molecular weight is 507 g/mol. The molecule has 4 N–H and O–H groups in total. The number of fused-ring (bicyclic) bond motifs is 2. The highest BCUT2D eigenvalue weighted by Crippen LogP contribution is 2.29. The van der Waals surface area contributed by atoms with Crippen LogP contribution in [0.2, 0.25) is 0 Å². The SMILES string of the molecule is CC(=O)O.c1cc2cc(-c3ccc(-c4ccc5cc(C6=NCCN6)oc5c4)cn3)[nH]c2cc1C1=NCCN1. The summed E-state index contributed by atoms with van der Waals surface area (Å²) in [6.07, 6.45) is 1.91. The Morgan fingerprint density at radius 2 is 1.55 bits per heavy atom. The molecule has 9 heteroatoms. The van der Waals surface area contributed by atoms with Crippen LogP contribution in [0.25, 0.3) is 44.4 Å². The maximum atomic E-state index is 9.00. The number of hydrogen-bond acceptors (Lipinski definition) is 7. The van der Waals surface area contributed by atoms with Crippen molar-refractivity contribution in [2.24, 2.45) is 9.98 Å². The summed E-state index contributed by atoms with van der Waals surface area (Å²) in [6.45, 7) is 4.47. The van der Waals surface area contributed by atoms with Crippen LogP contribution in [-0.4, -0.2) is 58.9 Å². The number of nitrogens with one attached hydrogen (secondary N) is 3. The van der Waals surface area contributed by atoms with Gasteiger partial charge in [0.25, 0.3) is 5.97 Å². The van der Waals surface area contributed by atoms with Crippen molar-refractivity contribution >= 4 is 39.5 Å². The molecule has 7 rings (SSSR count). The van der Waals surface area contributed by atoms with E-state index in [2.05, 4.69) is 80.2 Å². The summed E-state index contributed by atoms with van der Waals surface area (Å²) in [7, 11) is 0. The van der Waals surface area contributed by atoms with Crippen LogP contribution in [0.4, 0.5) is 0 Å². The number of aromatic amines is 1. The zero-order chi connectivity index (χ0) is 26.1. The van der Waals surface area contributed by atoms with Crippen molar-refractivity contribution in [1.82, 2.24) is 20.6 Å². The van der Waals surface area contributed by atoms with E-state index in [1.165, 1.54) is 0 Å². The first-order valence-electron chi connectivity index (χ1n) is 12.4. The van der Waals surface area contributed by atoms with Crippen molar-refractivity contribution in [1.29, 1.82) is 0 Å². The molecular formula is C29H26N6O3. The molecular weight excluding hydrogens is 480 g/mol. The smallest absolute Gasteiger partial charge is 0.300 e. The van der Waals surface area contributed by atoms with Crippen LogP contribution >= 0.6 is 0 Å². The molecule has 5 aromatic rings. The van der Waals surface area contributed by atoms with Crippen molar-refractivity contribution in [2.75, 3.05) is 26.2 Å². The zero-order valence-electron chi connectivity index (χ0n) is 20.8. The molecule has 38 heavy (non-hydrogen) atoms. The van der Waals surface area contributed by atoms with Crippen molar-refractivity contribution in [3.63, 3.8) is 0 Å². The number of H-pyrrole nitrogens is 1. The lowest BCUT2D eigenvalue weighted by molar-refractivity contribution is -0.134. The summed E-state index contributed by atoms with van der Waals surface area (Å²) in [5.74, 6) is 1.76. The predicted octanol–water partition coefficient (Wildman–Crippen LogP) is 4.43. The topological polar surface area (TPSA) is 128 Å². The highest BCUT2D eigenvalue weighted by molar-refractivity contribution is 6.03. The van der Waals surface area contributed by atoms with Gasteiger partial charge in [0.2, 0.25) is 0 Å². The number of amidine groups is 2. The van der Waals surface area contributed by atoms with Crippen molar-refractivity contribution < 1.29 is 14.3 Å². The Hall–Kier alpha value is -4.92. The molecule has 0 amide bonds. The van der Waals surface area contributed by atoms with Crippen molar-refractivity contribution in [3.05, 3.63) is 78.2 Å². The molecule has 5 heterocycles. The van der Waals surface area contributed by atoms with Crippen LogP contribution in [0.1, 0.15) is 18.2 Å². The van der Waals surface area contributed by atoms with Gasteiger partial charge in [-0.3, -0.25) is 19.8 Å². The van der Waals surface area contributed by atoms with E-state index in [0.29, 0.717) is 0 Å². The Labute approximate surface area is 218 Å². The normalized spacial score (nSPS) is 14.4. The molecule has 0 atom stereocenters. The summed E-state index contributed by atoms with van der Waals surface area (Å²) < 4.78 is 6.06. The van der Waals surface area contributed by atoms with Gasteiger partial charge in [-0.25, -0.2) is 0 Å². The number of aliphatic imine (C=N–C) groups is 2. The molecule has 0 spiro atoms. The van der Waals surface area contributed by atoms with Crippen LogP contribution in [0, 0.1) is 0 Å². The number of aliphatic carboxylic acids is 1. The maximum Gasteiger partial charge on any atom is 0.300 e. The highest BCUT2D eigenvalue weighted by Gasteiger charge is 2.14. The van der Waals surface area contributed by atoms with E-state index in [4.69, 9.17) is 19.3 Å². The van der Waals surface area contributed by atoms with E-state index < -0.39 is 5.97 Å². The lowest BCUT2D eigenvalue weighted by atomic mass is 10.1. The zero-order valence-corrected chi connectivity index (χ0v) is 20.8. The van der Waals surface area contributed by atoms with Gasteiger partial charge in [0.1, 0.15) is 11.4 Å². The number of benzene rings is 2. The monoisotopic (exact) mass is 506 g/mol. The average Bonchev–Trinajstić information content (AvgIpc) is 3.73. The number of nitrogens with zero attached hydrogens (tertiary/aromatic N) is 3. The summed E-state index contributed by atoms with van der Waals surface area (Å²) in [5, 5.41) is 16.2. The van der Waals surface area contributed by atoms with Crippen LogP contribution in [0.15, 0.2) is 81.3 Å². The molecule has 2 aliphatic rings. The molecule has 0 radical (unpaired) electrons. The summed E-state index contributed by atoms with van der Waals surface area (Å²) in [4.78, 5) is 26.2. The van der Waals surface area contributed by atoms with Gasteiger partial charge in [-0.1, -0.05) is 30.3 Å². The van der Waals surface area contributed by atoms with Crippen LogP contribution < -0.4 is 10.6 Å². The van der Waals surface area contributed by atoms with E-state index in [-0.39, 0.29) is 0 Å². The number of carboxylic acid groups (broad SMARTS) is 1. The number of carbonyl (C=O) groups is 1. The van der Waals surface area contributed by atoms with Gasteiger partial charge in [-0.05, 0) is 35.9 Å². The number of rotatable bonds is 4. The summed E-state index contributed by atoms with van der Waals surface area (Å²) in [6, 6.07) is 21.0. The molecule has 0 saturated carbocycles. The standard InChI is InChI=1S/C27H22N6O.C2H4O2/c1-3-18-14-25(27-30-9-10-31-27)34-24(18)13-16(1)20-5-6-21(32-15-20)23-11-17-2-4-19(12-22(17)33-23)26-28-7-8-29-26;1-2(3)4/h1-6,11-15,33H,7-10H2,(H,28,29)(H,30,31);1H3,(H,3,4). The second-order valence-corrected chi connectivity index (χ2v) is 9.11. The number of furan rings is 1. The number of carboxylic acids is 1. The van der Waals surface area contributed by atoms with Crippen molar-refractivity contribution in [2.45, 2.75) is 6.92 Å². The molecule has 190 valence electrons. The first-order chi connectivity index (χ1) is 18.5.